The average molecular weight is 201 g/mol. The average Bonchev–Trinajstić information content (AvgIpc) is 2.24. The van der Waals surface area contributed by atoms with Crippen LogP contribution in [0.15, 0.2) is 0 Å². The van der Waals surface area contributed by atoms with Gasteiger partial charge in [0, 0.05) is 25.3 Å². The molecule has 0 aromatic rings. The summed E-state index contributed by atoms with van der Waals surface area (Å²) >= 11 is 3.56. The van der Waals surface area contributed by atoms with E-state index in [9.17, 15) is 14.4 Å². The minimum Gasteiger partial charge on any atom is -0.287 e. The Bertz CT molecular complexity index is 264. The normalized spacial score (nSPS) is 22.6. The third-order valence-corrected chi connectivity index (χ3v) is 2.24. The molecule has 0 aliphatic carbocycles. The fourth-order valence-electron chi connectivity index (χ4n) is 1.29. The Labute approximate surface area is 81.7 Å². The van der Waals surface area contributed by atoms with E-state index in [1.165, 1.54) is 0 Å². The van der Waals surface area contributed by atoms with Crippen molar-refractivity contribution in [3.05, 3.63) is 0 Å². The first-order valence-electron chi connectivity index (χ1n) is 4.08. The molecule has 1 saturated heterocycles. The van der Waals surface area contributed by atoms with Gasteiger partial charge >= 0.3 is 0 Å². The Hall–Kier alpha value is -0.840. The van der Waals surface area contributed by atoms with Gasteiger partial charge in [-0.15, -0.1) is 12.6 Å². The quantitative estimate of drug-likeness (QED) is 0.525. The minimum absolute atomic E-state index is 0.132. The van der Waals surface area contributed by atoms with Crippen LogP contribution in [0.2, 0.25) is 0 Å². The SMILES string of the molecule is CC1CC(=O)N(CCC(=O)S)C1=O. The summed E-state index contributed by atoms with van der Waals surface area (Å²) in [6.45, 7) is 1.88. The van der Waals surface area contributed by atoms with E-state index in [1.54, 1.807) is 6.92 Å². The van der Waals surface area contributed by atoms with Gasteiger partial charge in [0.25, 0.3) is 0 Å². The molecule has 1 atom stereocenters. The summed E-state index contributed by atoms with van der Waals surface area (Å²) < 4.78 is 0. The highest BCUT2D eigenvalue weighted by Crippen LogP contribution is 2.18. The summed E-state index contributed by atoms with van der Waals surface area (Å²) in [6.07, 6.45) is 0.396. The number of likely N-dealkylation sites (tertiary alicyclic amines) is 1. The lowest BCUT2D eigenvalue weighted by Gasteiger charge is -2.12. The van der Waals surface area contributed by atoms with E-state index >= 15 is 0 Å². The van der Waals surface area contributed by atoms with E-state index in [2.05, 4.69) is 12.6 Å². The number of thiol groups is 1. The van der Waals surface area contributed by atoms with Crippen molar-refractivity contribution < 1.29 is 14.4 Å². The van der Waals surface area contributed by atoms with Crippen molar-refractivity contribution in [3.8, 4) is 0 Å². The number of hydrogen-bond acceptors (Lipinski definition) is 3. The van der Waals surface area contributed by atoms with E-state index in [0.29, 0.717) is 0 Å². The molecule has 4 nitrogen and oxygen atoms in total. The topological polar surface area (TPSA) is 54.5 Å². The van der Waals surface area contributed by atoms with Gasteiger partial charge in [0.1, 0.15) is 0 Å². The third kappa shape index (κ3) is 2.30. The predicted octanol–water partition coefficient (Wildman–Crippen LogP) is 0.228. The van der Waals surface area contributed by atoms with Crippen LogP contribution in [0.3, 0.4) is 0 Å². The first-order valence-corrected chi connectivity index (χ1v) is 4.53. The van der Waals surface area contributed by atoms with E-state index in [-0.39, 0.29) is 42.2 Å². The Morgan fingerprint density at radius 2 is 2.23 bits per heavy atom. The van der Waals surface area contributed by atoms with Gasteiger partial charge in [-0.05, 0) is 0 Å². The Kier molecular flexibility index (Phi) is 3.08. The molecule has 5 heteroatoms. The van der Waals surface area contributed by atoms with E-state index in [4.69, 9.17) is 0 Å². The van der Waals surface area contributed by atoms with Gasteiger partial charge in [-0.1, -0.05) is 6.92 Å². The van der Waals surface area contributed by atoms with Crippen LogP contribution in [0.1, 0.15) is 19.8 Å². The fourth-order valence-corrected chi connectivity index (χ4v) is 1.39. The van der Waals surface area contributed by atoms with E-state index < -0.39 is 0 Å². The van der Waals surface area contributed by atoms with Crippen LogP contribution < -0.4 is 0 Å². The van der Waals surface area contributed by atoms with Gasteiger partial charge in [0.15, 0.2) is 5.12 Å². The van der Waals surface area contributed by atoms with Crippen molar-refractivity contribution in [3.63, 3.8) is 0 Å². The van der Waals surface area contributed by atoms with Crippen LogP contribution in [-0.4, -0.2) is 28.4 Å². The largest absolute Gasteiger partial charge is 0.287 e. The second-order valence-electron chi connectivity index (χ2n) is 3.13. The maximum atomic E-state index is 11.3. The maximum absolute atomic E-state index is 11.3. The molecule has 0 aromatic carbocycles. The second kappa shape index (κ2) is 3.91. The van der Waals surface area contributed by atoms with Gasteiger partial charge in [-0.3, -0.25) is 19.3 Å². The monoisotopic (exact) mass is 201 g/mol. The third-order valence-electron chi connectivity index (χ3n) is 2.02. The van der Waals surface area contributed by atoms with Gasteiger partial charge in [0.05, 0.1) is 0 Å². The van der Waals surface area contributed by atoms with Crippen molar-refractivity contribution in [1.82, 2.24) is 4.90 Å². The second-order valence-corrected chi connectivity index (χ2v) is 3.63. The van der Waals surface area contributed by atoms with E-state index in [1.807, 2.05) is 0 Å². The van der Waals surface area contributed by atoms with Crippen LogP contribution in [0.25, 0.3) is 0 Å². The molecule has 0 bridgehead atoms. The van der Waals surface area contributed by atoms with Gasteiger partial charge in [-0.2, -0.15) is 0 Å². The Balaban J connectivity index is 2.54. The highest BCUT2D eigenvalue weighted by Gasteiger charge is 2.35. The van der Waals surface area contributed by atoms with Crippen molar-refractivity contribution >= 4 is 29.6 Å². The van der Waals surface area contributed by atoms with Crippen LogP contribution >= 0.6 is 12.6 Å². The zero-order chi connectivity index (χ0) is 10.0. The summed E-state index contributed by atoms with van der Waals surface area (Å²) in [5.41, 5.74) is 0. The standard InChI is InChI=1S/C8H11NO3S/c1-5-4-6(10)9(8(5)12)3-2-7(11)13/h5H,2-4H2,1H3,(H,11,13). The summed E-state index contributed by atoms with van der Waals surface area (Å²) in [5.74, 6) is -0.603. The molecule has 1 heterocycles. The smallest absolute Gasteiger partial charge is 0.232 e. The molecule has 0 spiro atoms. The van der Waals surface area contributed by atoms with Crippen LogP contribution in [0.5, 0.6) is 0 Å². The zero-order valence-electron chi connectivity index (χ0n) is 7.32. The lowest BCUT2D eigenvalue weighted by atomic mass is 10.1. The zero-order valence-corrected chi connectivity index (χ0v) is 8.21. The molecule has 13 heavy (non-hydrogen) atoms. The molecule has 2 amide bonds. The van der Waals surface area contributed by atoms with Gasteiger partial charge in [0.2, 0.25) is 11.8 Å². The molecule has 0 aromatic heterocycles. The first kappa shape index (κ1) is 10.2. The number of hydrogen-bond donors (Lipinski definition) is 1. The number of amides is 2. The van der Waals surface area contributed by atoms with Crippen molar-refractivity contribution in [2.45, 2.75) is 19.8 Å². The number of carbonyl (C=O) groups is 3. The number of carbonyl (C=O) groups excluding carboxylic acids is 3. The molecule has 1 unspecified atom stereocenters. The molecular weight excluding hydrogens is 190 g/mol. The number of nitrogens with zero attached hydrogens (tertiary/aromatic N) is 1. The molecule has 1 aliphatic heterocycles. The maximum Gasteiger partial charge on any atom is 0.232 e. The molecular formula is C8H11NO3S. The highest BCUT2D eigenvalue weighted by atomic mass is 32.1. The Morgan fingerprint density at radius 3 is 2.62 bits per heavy atom. The van der Waals surface area contributed by atoms with Gasteiger partial charge in [-0.25, -0.2) is 0 Å². The predicted molar refractivity (Wildman–Crippen MR) is 49.1 cm³/mol. The van der Waals surface area contributed by atoms with Crippen molar-refractivity contribution in [2.24, 2.45) is 5.92 Å². The molecule has 1 rings (SSSR count). The van der Waals surface area contributed by atoms with Gasteiger partial charge < -0.3 is 0 Å². The van der Waals surface area contributed by atoms with Crippen LogP contribution in [0.4, 0.5) is 0 Å². The summed E-state index contributed by atoms with van der Waals surface area (Å²) in [7, 11) is 0. The summed E-state index contributed by atoms with van der Waals surface area (Å²) in [5, 5.41) is -0.305. The minimum atomic E-state index is -0.305. The lowest BCUT2D eigenvalue weighted by Crippen LogP contribution is -2.31. The molecule has 0 saturated carbocycles. The highest BCUT2D eigenvalue weighted by molar-refractivity contribution is 7.96. The number of rotatable bonds is 3. The van der Waals surface area contributed by atoms with Crippen LogP contribution in [0, 0.1) is 5.92 Å². The summed E-state index contributed by atoms with van der Waals surface area (Å²) in [4.78, 5) is 34.1. The van der Waals surface area contributed by atoms with Crippen molar-refractivity contribution in [1.29, 1.82) is 0 Å². The van der Waals surface area contributed by atoms with Crippen molar-refractivity contribution in [2.75, 3.05) is 6.54 Å². The van der Waals surface area contributed by atoms with E-state index in [0.717, 1.165) is 4.90 Å². The Morgan fingerprint density at radius 1 is 1.62 bits per heavy atom. The fraction of sp³-hybridized carbons (Fsp3) is 0.625. The summed E-state index contributed by atoms with van der Waals surface area (Å²) in [6, 6.07) is 0. The molecule has 72 valence electrons. The molecule has 1 fully saturated rings. The molecule has 0 radical (unpaired) electrons. The van der Waals surface area contributed by atoms with Crippen LogP contribution in [-0.2, 0) is 14.4 Å². The molecule has 0 N–H and O–H groups in total. The number of imide groups is 1. The first-order chi connectivity index (χ1) is 6.02. The molecule has 1 aliphatic rings. The lowest BCUT2D eigenvalue weighted by molar-refractivity contribution is -0.139.